The van der Waals surface area contributed by atoms with Gasteiger partial charge in [0.05, 0.1) is 11.3 Å². The maximum absolute atomic E-state index is 6.28. The van der Waals surface area contributed by atoms with Crippen molar-refractivity contribution in [1.82, 2.24) is 4.57 Å². The third-order valence-electron chi connectivity index (χ3n) is 4.94. The van der Waals surface area contributed by atoms with Gasteiger partial charge >= 0.3 is 0 Å². The van der Waals surface area contributed by atoms with Crippen LogP contribution in [-0.2, 0) is 6.54 Å². The Hall–Kier alpha value is -2.27. The number of fused-ring (bicyclic) bond motifs is 3. The van der Waals surface area contributed by atoms with E-state index in [-0.39, 0.29) is 23.0 Å². The lowest BCUT2D eigenvalue weighted by Crippen LogP contribution is -3.00. The third kappa shape index (κ3) is 3.25. The second-order valence-electron chi connectivity index (χ2n) is 6.58. The van der Waals surface area contributed by atoms with Crippen molar-refractivity contribution in [2.45, 2.75) is 12.6 Å². The van der Waals surface area contributed by atoms with Crippen LogP contribution in [0.2, 0.25) is 5.02 Å². The van der Waals surface area contributed by atoms with Crippen LogP contribution in [0.4, 0.5) is 0 Å². The molecular formula is C22H18BrClN2O. The van der Waals surface area contributed by atoms with E-state index in [2.05, 4.69) is 52.5 Å². The van der Waals surface area contributed by atoms with Crippen molar-refractivity contribution in [2.75, 3.05) is 0 Å². The highest BCUT2D eigenvalue weighted by molar-refractivity contribution is 6.30. The molecule has 27 heavy (non-hydrogen) atoms. The summed E-state index contributed by atoms with van der Waals surface area (Å²) in [6.07, 6.45) is 2.07. The van der Waals surface area contributed by atoms with Gasteiger partial charge in [0.1, 0.15) is 12.3 Å². The predicted octanol–water partition coefficient (Wildman–Crippen LogP) is 1.56. The lowest BCUT2D eigenvalue weighted by atomic mass is 10.0. The van der Waals surface area contributed by atoms with E-state index in [0.29, 0.717) is 0 Å². The van der Waals surface area contributed by atoms with Crippen molar-refractivity contribution >= 4 is 11.6 Å². The maximum Gasteiger partial charge on any atom is 0.213 e. The highest BCUT2D eigenvalue weighted by atomic mass is 79.9. The number of rotatable bonds is 2. The van der Waals surface area contributed by atoms with Crippen molar-refractivity contribution < 1.29 is 26.7 Å². The SMILES string of the molecule is Clc1cccc(C2[NH2+]Cc3cc(-c4ccccc4)oc3-n3cccc32)c1.[Br-]. The molecule has 0 saturated carbocycles. The number of furan rings is 1. The van der Waals surface area contributed by atoms with Gasteiger partial charge in [-0.05, 0) is 30.3 Å². The van der Waals surface area contributed by atoms with Crippen LogP contribution < -0.4 is 22.3 Å². The number of benzene rings is 2. The molecule has 0 spiro atoms. The van der Waals surface area contributed by atoms with Crippen molar-refractivity contribution in [3.63, 3.8) is 0 Å². The molecule has 136 valence electrons. The van der Waals surface area contributed by atoms with E-state index in [1.54, 1.807) is 0 Å². The van der Waals surface area contributed by atoms with Gasteiger partial charge in [-0.15, -0.1) is 0 Å². The van der Waals surface area contributed by atoms with E-state index >= 15 is 0 Å². The first-order chi connectivity index (χ1) is 12.8. The minimum atomic E-state index is 0. The topological polar surface area (TPSA) is 34.7 Å². The Balaban J connectivity index is 0.00000180. The van der Waals surface area contributed by atoms with E-state index in [1.165, 1.54) is 16.8 Å². The molecule has 0 aliphatic carbocycles. The minimum Gasteiger partial charge on any atom is -1.00 e. The molecule has 2 aromatic carbocycles. The number of nitrogens with two attached hydrogens (primary N) is 1. The van der Waals surface area contributed by atoms with Crippen molar-refractivity contribution in [3.05, 3.63) is 101 Å². The third-order valence-corrected chi connectivity index (χ3v) is 5.18. The van der Waals surface area contributed by atoms with Gasteiger partial charge in [-0.3, -0.25) is 4.57 Å². The molecule has 2 aromatic heterocycles. The summed E-state index contributed by atoms with van der Waals surface area (Å²) < 4.78 is 8.45. The fourth-order valence-corrected chi connectivity index (χ4v) is 3.92. The lowest BCUT2D eigenvalue weighted by molar-refractivity contribution is -0.702. The van der Waals surface area contributed by atoms with Crippen LogP contribution in [0.3, 0.4) is 0 Å². The summed E-state index contributed by atoms with van der Waals surface area (Å²) in [5.74, 6) is 1.81. The summed E-state index contributed by atoms with van der Waals surface area (Å²) in [6, 6.07) is 24.9. The van der Waals surface area contributed by atoms with Gasteiger partial charge in [0.25, 0.3) is 0 Å². The van der Waals surface area contributed by atoms with Gasteiger partial charge in [-0.1, -0.05) is 54.1 Å². The second kappa shape index (κ2) is 7.39. The molecule has 3 heterocycles. The zero-order valence-electron chi connectivity index (χ0n) is 14.5. The summed E-state index contributed by atoms with van der Waals surface area (Å²) in [4.78, 5) is 0. The van der Waals surface area contributed by atoms with Gasteiger partial charge in [0, 0.05) is 22.3 Å². The van der Waals surface area contributed by atoms with Gasteiger partial charge < -0.3 is 26.7 Å². The molecule has 1 atom stereocenters. The highest BCUT2D eigenvalue weighted by Gasteiger charge is 2.29. The molecule has 4 aromatic rings. The average molecular weight is 442 g/mol. The summed E-state index contributed by atoms with van der Waals surface area (Å²) >= 11 is 6.22. The Labute approximate surface area is 173 Å². The van der Waals surface area contributed by atoms with Crippen LogP contribution in [0.1, 0.15) is 22.9 Å². The summed E-state index contributed by atoms with van der Waals surface area (Å²) in [6.45, 7) is 0.852. The predicted molar refractivity (Wildman–Crippen MR) is 102 cm³/mol. The van der Waals surface area contributed by atoms with Crippen LogP contribution >= 0.6 is 11.6 Å². The highest BCUT2D eigenvalue weighted by Crippen LogP contribution is 2.33. The van der Waals surface area contributed by atoms with Crippen LogP contribution in [0.5, 0.6) is 0 Å². The van der Waals surface area contributed by atoms with E-state index in [9.17, 15) is 0 Å². The quantitative estimate of drug-likeness (QED) is 0.503. The van der Waals surface area contributed by atoms with Gasteiger partial charge in [-0.2, -0.15) is 0 Å². The summed E-state index contributed by atoms with van der Waals surface area (Å²) in [5.41, 5.74) is 4.69. The van der Waals surface area contributed by atoms with Crippen molar-refractivity contribution in [3.8, 4) is 17.2 Å². The zero-order chi connectivity index (χ0) is 17.5. The number of quaternary nitrogens is 1. The molecule has 3 nitrogen and oxygen atoms in total. The monoisotopic (exact) mass is 440 g/mol. The van der Waals surface area contributed by atoms with Crippen molar-refractivity contribution in [2.24, 2.45) is 0 Å². The van der Waals surface area contributed by atoms with Crippen LogP contribution in [0.25, 0.3) is 17.2 Å². The second-order valence-corrected chi connectivity index (χ2v) is 7.02. The van der Waals surface area contributed by atoms with Crippen LogP contribution in [0, 0.1) is 0 Å². The van der Waals surface area contributed by atoms with Crippen LogP contribution in [0.15, 0.2) is 83.4 Å². The Kier molecular flexibility index (Phi) is 4.96. The zero-order valence-corrected chi connectivity index (χ0v) is 16.8. The molecule has 0 amide bonds. The molecular weight excluding hydrogens is 424 g/mol. The van der Waals surface area contributed by atoms with Crippen LogP contribution in [-0.4, -0.2) is 4.57 Å². The molecule has 0 saturated heterocycles. The fraction of sp³-hybridized carbons (Fsp3) is 0.0909. The number of hydrogen-bond acceptors (Lipinski definition) is 1. The lowest BCUT2D eigenvalue weighted by Gasteiger charge is -2.15. The number of halogens is 2. The van der Waals surface area contributed by atoms with E-state index in [0.717, 1.165) is 28.8 Å². The molecule has 5 heteroatoms. The normalized spacial score (nSPS) is 15.4. The van der Waals surface area contributed by atoms with E-state index < -0.39 is 0 Å². The molecule has 0 radical (unpaired) electrons. The first-order valence-electron chi connectivity index (χ1n) is 8.74. The molecule has 1 unspecified atom stereocenters. The fourth-order valence-electron chi connectivity index (χ4n) is 3.72. The van der Waals surface area contributed by atoms with Gasteiger partial charge in [0.15, 0.2) is 6.04 Å². The number of hydrogen-bond donors (Lipinski definition) is 1. The standard InChI is InChI=1S/C22H17ClN2O.BrH/c23-18-9-4-8-16(12-18)21-19-10-5-11-25(19)22-17(14-24-21)13-20(26-22)15-6-2-1-3-7-15;/h1-13,21,24H,14H2;1H. The van der Waals surface area contributed by atoms with Gasteiger partial charge in [0.2, 0.25) is 5.88 Å². The molecule has 1 aliphatic heterocycles. The van der Waals surface area contributed by atoms with Gasteiger partial charge in [-0.25, -0.2) is 0 Å². The first-order valence-corrected chi connectivity index (χ1v) is 9.12. The number of nitrogens with zero attached hydrogens (tertiary/aromatic N) is 1. The first kappa shape index (κ1) is 18.1. The average Bonchev–Trinajstić information content (AvgIpc) is 3.28. The smallest absolute Gasteiger partial charge is 0.213 e. The summed E-state index contributed by atoms with van der Waals surface area (Å²) in [7, 11) is 0. The molecule has 1 aliphatic rings. The Morgan fingerprint density at radius 3 is 2.63 bits per heavy atom. The molecule has 5 rings (SSSR count). The molecule has 2 N–H and O–H groups in total. The Morgan fingerprint density at radius 1 is 0.963 bits per heavy atom. The summed E-state index contributed by atoms with van der Waals surface area (Å²) in [5, 5.41) is 3.11. The largest absolute Gasteiger partial charge is 1.00 e. The Bertz CT molecular complexity index is 1070. The maximum atomic E-state index is 6.28. The Morgan fingerprint density at radius 2 is 1.81 bits per heavy atom. The number of aromatic nitrogens is 1. The van der Waals surface area contributed by atoms with Crippen molar-refractivity contribution in [1.29, 1.82) is 0 Å². The molecule has 0 fully saturated rings. The minimum absolute atomic E-state index is 0. The van der Waals surface area contributed by atoms with E-state index in [4.69, 9.17) is 16.0 Å². The van der Waals surface area contributed by atoms with E-state index in [1.807, 2.05) is 36.4 Å². The molecule has 0 bridgehead atoms.